The molecule has 0 aromatic heterocycles. The van der Waals surface area contributed by atoms with E-state index in [4.69, 9.17) is 9.47 Å². The van der Waals surface area contributed by atoms with Gasteiger partial charge < -0.3 is 19.7 Å². The van der Waals surface area contributed by atoms with Gasteiger partial charge in [-0.1, -0.05) is 49.4 Å². The summed E-state index contributed by atoms with van der Waals surface area (Å²) in [5.74, 6) is 0.228. The van der Waals surface area contributed by atoms with Gasteiger partial charge in [-0.2, -0.15) is 0 Å². The number of anilines is 1. The number of hydrogen-bond donors (Lipinski definition) is 1. The maximum Gasteiger partial charge on any atom is 0.0920 e. The molecule has 3 atom stereocenters. The molecule has 144 valence electrons. The van der Waals surface area contributed by atoms with Crippen molar-refractivity contribution in [2.45, 2.75) is 31.5 Å². The lowest BCUT2D eigenvalue weighted by molar-refractivity contribution is 0.0663. The quantitative estimate of drug-likeness (QED) is 0.878. The van der Waals surface area contributed by atoms with Crippen LogP contribution in [0.25, 0.3) is 0 Å². The van der Waals surface area contributed by atoms with Crippen molar-refractivity contribution in [3.8, 4) is 0 Å². The summed E-state index contributed by atoms with van der Waals surface area (Å²) in [5, 5.41) is 3.44. The lowest BCUT2D eigenvalue weighted by Crippen LogP contribution is -2.43. The topological polar surface area (TPSA) is 33.7 Å². The lowest BCUT2D eigenvalue weighted by atomic mass is 9.86. The van der Waals surface area contributed by atoms with Crippen molar-refractivity contribution in [3.63, 3.8) is 0 Å². The van der Waals surface area contributed by atoms with Crippen LogP contribution in [0, 0.1) is 0 Å². The van der Waals surface area contributed by atoms with Crippen molar-refractivity contribution in [1.82, 2.24) is 5.32 Å². The minimum Gasteiger partial charge on any atom is -0.378 e. The zero-order valence-corrected chi connectivity index (χ0v) is 16.4. The van der Waals surface area contributed by atoms with Gasteiger partial charge in [0.1, 0.15) is 0 Å². The highest BCUT2D eigenvalue weighted by Crippen LogP contribution is 2.43. The van der Waals surface area contributed by atoms with Crippen molar-refractivity contribution in [2.75, 3.05) is 44.8 Å². The van der Waals surface area contributed by atoms with Crippen molar-refractivity contribution >= 4 is 5.69 Å². The number of nitrogens with one attached hydrogen (secondary N) is 1. The largest absolute Gasteiger partial charge is 0.378 e. The smallest absolute Gasteiger partial charge is 0.0920 e. The number of methoxy groups -OCH3 is 1. The molecule has 4 heteroatoms. The Balaban J connectivity index is 1.65. The zero-order chi connectivity index (χ0) is 18.6. The van der Waals surface area contributed by atoms with Gasteiger partial charge >= 0.3 is 0 Å². The monoisotopic (exact) mass is 366 g/mol. The van der Waals surface area contributed by atoms with E-state index in [1.54, 1.807) is 7.11 Å². The van der Waals surface area contributed by atoms with E-state index in [0.717, 1.165) is 32.6 Å². The van der Waals surface area contributed by atoms with Gasteiger partial charge in [0.2, 0.25) is 0 Å². The van der Waals surface area contributed by atoms with E-state index in [1.807, 2.05) is 0 Å². The molecule has 1 N–H and O–H groups in total. The first-order valence-corrected chi connectivity index (χ1v) is 10.1. The molecule has 4 rings (SSSR count). The molecule has 0 saturated carbocycles. The van der Waals surface area contributed by atoms with Gasteiger partial charge in [0.05, 0.1) is 18.8 Å². The normalized spacial score (nSPS) is 25.7. The number of nitrogens with zero attached hydrogens (tertiary/aromatic N) is 1. The van der Waals surface area contributed by atoms with E-state index in [-0.39, 0.29) is 18.1 Å². The van der Waals surface area contributed by atoms with Crippen LogP contribution in [0.2, 0.25) is 0 Å². The second kappa shape index (κ2) is 8.42. The van der Waals surface area contributed by atoms with Gasteiger partial charge in [0.25, 0.3) is 0 Å². The van der Waals surface area contributed by atoms with Gasteiger partial charge in [-0.3, -0.25) is 0 Å². The summed E-state index contributed by atoms with van der Waals surface area (Å²) in [7, 11) is 1.79. The van der Waals surface area contributed by atoms with E-state index in [0.29, 0.717) is 6.61 Å². The Morgan fingerprint density at radius 3 is 2.56 bits per heavy atom. The highest BCUT2D eigenvalue weighted by Gasteiger charge is 2.39. The number of piperazine rings is 1. The third-order valence-corrected chi connectivity index (χ3v) is 5.92. The molecule has 2 aromatic rings. The van der Waals surface area contributed by atoms with Crippen LogP contribution in [-0.2, 0) is 15.9 Å². The van der Waals surface area contributed by atoms with Crippen LogP contribution < -0.4 is 10.2 Å². The summed E-state index contributed by atoms with van der Waals surface area (Å²) in [4.78, 5) is 2.50. The summed E-state index contributed by atoms with van der Waals surface area (Å²) >= 11 is 0. The Kier molecular flexibility index (Phi) is 5.77. The molecule has 0 radical (unpaired) electrons. The van der Waals surface area contributed by atoms with Crippen LogP contribution in [-0.4, -0.2) is 46.0 Å². The van der Waals surface area contributed by atoms with Crippen molar-refractivity contribution in [1.29, 1.82) is 0 Å². The average Bonchev–Trinajstić information content (AvgIpc) is 3.18. The first-order chi connectivity index (χ1) is 13.3. The number of aryl methyl sites for hydroxylation is 1. The molecule has 2 aliphatic rings. The molecule has 2 aliphatic heterocycles. The zero-order valence-electron chi connectivity index (χ0n) is 16.4. The van der Waals surface area contributed by atoms with Gasteiger partial charge in [-0.05, 0) is 29.2 Å². The number of ether oxygens (including phenoxy) is 2. The predicted octanol–water partition coefficient (Wildman–Crippen LogP) is 3.53. The molecule has 2 heterocycles. The first kappa shape index (κ1) is 18.5. The summed E-state index contributed by atoms with van der Waals surface area (Å²) in [6, 6.07) is 17.6. The fraction of sp³-hybridized carbons (Fsp3) is 0.478. The maximum absolute atomic E-state index is 6.25. The maximum atomic E-state index is 6.25. The summed E-state index contributed by atoms with van der Waals surface area (Å²) in [6.07, 6.45) is 1.17. The Hall–Kier alpha value is -1.88. The molecule has 2 saturated heterocycles. The number of rotatable bonds is 5. The lowest BCUT2D eigenvalue weighted by Gasteiger charge is -2.32. The summed E-state index contributed by atoms with van der Waals surface area (Å²) in [6.45, 7) is 7.15. The highest BCUT2D eigenvalue weighted by molar-refractivity contribution is 5.56. The van der Waals surface area contributed by atoms with E-state index in [2.05, 4.69) is 65.7 Å². The molecule has 0 bridgehead atoms. The molecular weight excluding hydrogens is 336 g/mol. The SMILES string of the molecule is CCc1cc(C2OCC(OC)C2c2ccccc2)ccc1N1CCNCC1. The Morgan fingerprint density at radius 2 is 1.85 bits per heavy atom. The van der Waals surface area contributed by atoms with Gasteiger partial charge in [-0.15, -0.1) is 0 Å². The molecule has 2 fully saturated rings. The Morgan fingerprint density at radius 1 is 1.07 bits per heavy atom. The molecule has 4 nitrogen and oxygen atoms in total. The summed E-state index contributed by atoms with van der Waals surface area (Å²) in [5.41, 5.74) is 5.33. The van der Waals surface area contributed by atoms with E-state index < -0.39 is 0 Å². The third-order valence-electron chi connectivity index (χ3n) is 5.92. The van der Waals surface area contributed by atoms with E-state index in [9.17, 15) is 0 Å². The van der Waals surface area contributed by atoms with Crippen LogP contribution >= 0.6 is 0 Å². The van der Waals surface area contributed by atoms with Crippen LogP contribution in [0.1, 0.15) is 35.6 Å². The van der Waals surface area contributed by atoms with Crippen LogP contribution in [0.15, 0.2) is 48.5 Å². The molecule has 0 amide bonds. The molecule has 0 spiro atoms. The van der Waals surface area contributed by atoms with Gasteiger partial charge in [-0.25, -0.2) is 0 Å². The van der Waals surface area contributed by atoms with E-state index >= 15 is 0 Å². The highest BCUT2D eigenvalue weighted by atomic mass is 16.5. The van der Waals surface area contributed by atoms with Crippen molar-refractivity contribution < 1.29 is 9.47 Å². The average molecular weight is 367 g/mol. The van der Waals surface area contributed by atoms with Crippen molar-refractivity contribution in [3.05, 3.63) is 65.2 Å². The summed E-state index contributed by atoms with van der Waals surface area (Å²) < 4.78 is 12.0. The van der Waals surface area contributed by atoms with Gasteiger partial charge in [0.15, 0.2) is 0 Å². The first-order valence-electron chi connectivity index (χ1n) is 10.1. The molecule has 0 aliphatic carbocycles. The standard InChI is InChI=1S/C23H30N2O2/c1-3-17-15-19(9-10-20(17)25-13-11-24-12-14-25)23-22(21(26-2)16-27-23)18-7-5-4-6-8-18/h4-10,15,21-24H,3,11-14,16H2,1-2H3. The Labute approximate surface area is 162 Å². The predicted molar refractivity (Wildman–Crippen MR) is 110 cm³/mol. The minimum absolute atomic E-state index is 0.0414. The van der Waals surface area contributed by atoms with Crippen LogP contribution in [0.4, 0.5) is 5.69 Å². The Bertz CT molecular complexity index is 743. The van der Waals surface area contributed by atoms with Crippen LogP contribution in [0.3, 0.4) is 0 Å². The molecule has 3 unspecified atom stereocenters. The van der Waals surface area contributed by atoms with E-state index in [1.165, 1.54) is 22.4 Å². The number of benzene rings is 2. The number of hydrogen-bond acceptors (Lipinski definition) is 4. The minimum atomic E-state index is 0.0414. The van der Waals surface area contributed by atoms with Crippen molar-refractivity contribution in [2.24, 2.45) is 0 Å². The third kappa shape index (κ3) is 3.75. The molecule has 27 heavy (non-hydrogen) atoms. The fourth-order valence-electron chi connectivity index (χ4n) is 4.46. The molecule has 2 aromatic carbocycles. The molecular formula is C23H30N2O2. The fourth-order valence-corrected chi connectivity index (χ4v) is 4.46. The van der Waals surface area contributed by atoms with Gasteiger partial charge in [0, 0.05) is 44.9 Å². The second-order valence-corrected chi connectivity index (χ2v) is 7.44. The second-order valence-electron chi connectivity index (χ2n) is 7.44. The van der Waals surface area contributed by atoms with Crippen LogP contribution in [0.5, 0.6) is 0 Å².